The van der Waals surface area contributed by atoms with E-state index in [2.05, 4.69) is 4.72 Å². The van der Waals surface area contributed by atoms with Crippen LogP contribution in [0.15, 0.2) is 53.4 Å². The van der Waals surface area contributed by atoms with Crippen LogP contribution in [0, 0.1) is 0 Å². The van der Waals surface area contributed by atoms with E-state index in [4.69, 9.17) is 10.5 Å². The van der Waals surface area contributed by atoms with Gasteiger partial charge < -0.3 is 10.5 Å². The molecular formula is C14H16N2O3S. The number of hydrogen-bond donors (Lipinski definition) is 2. The van der Waals surface area contributed by atoms with E-state index in [0.717, 1.165) is 5.56 Å². The standard InChI is InChI=1S/C14H16N2O3S/c1-19-14-8-3-2-7-13(14)16-20(17,18)12-6-4-5-11(9-12)10-15/h2-9,16H,10,15H2,1H3. The van der Waals surface area contributed by atoms with Crippen molar-refractivity contribution in [3.8, 4) is 5.75 Å². The van der Waals surface area contributed by atoms with Crippen molar-refractivity contribution in [1.82, 2.24) is 0 Å². The zero-order valence-corrected chi connectivity index (χ0v) is 11.9. The summed E-state index contributed by atoms with van der Waals surface area (Å²) in [7, 11) is -2.18. The van der Waals surface area contributed by atoms with Gasteiger partial charge in [-0.15, -0.1) is 0 Å². The molecule has 0 saturated carbocycles. The van der Waals surface area contributed by atoms with Gasteiger partial charge >= 0.3 is 0 Å². The summed E-state index contributed by atoms with van der Waals surface area (Å²) in [6.07, 6.45) is 0. The summed E-state index contributed by atoms with van der Waals surface area (Å²) >= 11 is 0. The molecule has 0 saturated heterocycles. The Bertz CT molecular complexity index is 699. The summed E-state index contributed by atoms with van der Waals surface area (Å²) < 4.78 is 32.3. The van der Waals surface area contributed by atoms with Gasteiger partial charge in [-0.25, -0.2) is 8.42 Å². The molecule has 0 spiro atoms. The molecule has 0 aliphatic rings. The second-order valence-corrected chi connectivity index (χ2v) is 5.84. The first kappa shape index (κ1) is 14.4. The number of sulfonamides is 1. The second-order valence-electron chi connectivity index (χ2n) is 4.16. The number of nitrogens with one attached hydrogen (secondary N) is 1. The molecule has 3 N–H and O–H groups in total. The fourth-order valence-corrected chi connectivity index (χ4v) is 2.91. The highest BCUT2D eigenvalue weighted by atomic mass is 32.2. The average Bonchev–Trinajstić information content (AvgIpc) is 2.47. The number of hydrogen-bond acceptors (Lipinski definition) is 4. The van der Waals surface area contributed by atoms with Crippen LogP contribution in [0.4, 0.5) is 5.69 Å². The molecule has 2 aromatic carbocycles. The van der Waals surface area contributed by atoms with Crippen LogP contribution in [-0.2, 0) is 16.6 Å². The minimum absolute atomic E-state index is 0.173. The van der Waals surface area contributed by atoms with E-state index >= 15 is 0 Å². The van der Waals surface area contributed by atoms with Gasteiger partial charge in [0.05, 0.1) is 17.7 Å². The highest BCUT2D eigenvalue weighted by Crippen LogP contribution is 2.26. The van der Waals surface area contributed by atoms with Gasteiger partial charge in [0.2, 0.25) is 0 Å². The SMILES string of the molecule is COc1ccccc1NS(=O)(=O)c1cccc(CN)c1. The van der Waals surface area contributed by atoms with Gasteiger partial charge in [-0.05, 0) is 29.8 Å². The Labute approximate surface area is 118 Å². The van der Waals surface area contributed by atoms with Crippen molar-refractivity contribution in [3.05, 3.63) is 54.1 Å². The molecule has 0 atom stereocenters. The maximum Gasteiger partial charge on any atom is 0.262 e. The quantitative estimate of drug-likeness (QED) is 0.882. The van der Waals surface area contributed by atoms with E-state index in [9.17, 15) is 8.42 Å². The van der Waals surface area contributed by atoms with Crippen LogP contribution >= 0.6 is 0 Å². The van der Waals surface area contributed by atoms with Gasteiger partial charge in [-0.1, -0.05) is 24.3 Å². The van der Waals surface area contributed by atoms with Gasteiger partial charge in [0.15, 0.2) is 0 Å². The summed E-state index contributed by atoms with van der Waals surface area (Å²) in [5.41, 5.74) is 6.68. The zero-order chi connectivity index (χ0) is 14.6. The van der Waals surface area contributed by atoms with Crippen LogP contribution in [0.5, 0.6) is 5.75 Å². The number of ether oxygens (including phenoxy) is 1. The summed E-state index contributed by atoms with van der Waals surface area (Å²) in [4.78, 5) is 0.173. The van der Waals surface area contributed by atoms with Crippen molar-refractivity contribution >= 4 is 15.7 Å². The molecule has 0 heterocycles. The molecule has 2 rings (SSSR count). The normalized spacial score (nSPS) is 11.1. The maximum atomic E-state index is 12.3. The van der Waals surface area contributed by atoms with Crippen molar-refractivity contribution < 1.29 is 13.2 Å². The van der Waals surface area contributed by atoms with Crippen molar-refractivity contribution in [3.63, 3.8) is 0 Å². The minimum Gasteiger partial charge on any atom is -0.495 e. The number of benzene rings is 2. The minimum atomic E-state index is -3.66. The Balaban J connectivity index is 2.35. The van der Waals surface area contributed by atoms with E-state index in [1.807, 2.05) is 0 Å². The maximum absolute atomic E-state index is 12.3. The van der Waals surface area contributed by atoms with Crippen LogP contribution in [0.1, 0.15) is 5.56 Å². The van der Waals surface area contributed by atoms with Crippen molar-refractivity contribution in [2.24, 2.45) is 5.73 Å². The molecular weight excluding hydrogens is 276 g/mol. The molecule has 0 aliphatic carbocycles. The Morgan fingerprint density at radius 2 is 1.90 bits per heavy atom. The number of rotatable bonds is 5. The van der Waals surface area contributed by atoms with Gasteiger partial charge in [-0.3, -0.25) is 4.72 Å². The first-order valence-electron chi connectivity index (χ1n) is 6.01. The molecule has 0 amide bonds. The molecule has 0 bridgehead atoms. The topological polar surface area (TPSA) is 81.4 Å². The third-order valence-corrected chi connectivity index (χ3v) is 4.16. The number of nitrogens with two attached hydrogens (primary N) is 1. The third-order valence-electron chi connectivity index (χ3n) is 2.80. The van der Waals surface area contributed by atoms with E-state index in [-0.39, 0.29) is 11.4 Å². The molecule has 20 heavy (non-hydrogen) atoms. The molecule has 0 unspecified atom stereocenters. The number of para-hydroxylation sites is 2. The predicted octanol–water partition coefficient (Wildman–Crippen LogP) is 1.95. The smallest absolute Gasteiger partial charge is 0.262 e. The Kier molecular flexibility index (Phi) is 4.26. The Morgan fingerprint density at radius 3 is 2.60 bits per heavy atom. The fraction of sp³-hybridized carbons (Fsp3) is 0.143. The molecule has 2 aromatic rings. The van der Waals surface area contributed by atoms with Crippen LogP contribution in [0.2, 0.25) is 0 Å². The number of methoxy groups -OCH3 is 1. The molecule has 106 valence electrons. The highest BCUT2D eigenvalue weighted by molar-refractivity contribution is 7.92. The molecule has 5 nitrogen and oxygen atoms in total. The lowest BCUT2D eigenvalue weighted by Gasteiger charge is -2.12. The van der Waals surface area contributed by atoms with Crippen molar-refractivity contribution in [2.45, 2.75) is 11.4 Å². The lowest BCUT2D eigenvalue weighted by molar-refractivity contribution is 0.417. The molecule has 0 aliphatic heterocycles. The van der Waals surface area contributed by atoms with Crippen molar-refractivity contribution in [1.29, 1.82) is 0 Å². The predicted molar refractivity (Wildman–Crippen MR) is 78.1 cm³/mol. The summed E-state index contributed by atoms with van der Waals surface area (Å²) in [6, 6.07) is 13.4. The van der Waals surface area contributed by atoms with Crippen LogP contribution in [0.3, 0.4) is 0 Å². The lowest BCUT2D eigenvalue weighted by Crippen LogP contribution is -2.14. The van der Waals surface area contributed by atoms with Crippen LogP contribution in [-0.4, -0.2) is 15.5 Å². The molecule has 0 radical (unpaired) electrons. The first-order chi connectivity index (χ1) is 9.56. The average molecular weight is 292 g/mol. The van der Waals surface area contributed by atoms with Gasteiger partial charge in [-0.2, -0.15) is 0 Å². The summed E-state index contributed by atoms with van der Waals surface area (Å²) in [6.45, 7) is 0.290. The van der Waals surface area contributed by atoms with E-state index < -0.39 is 10.0 Å². The number of anilines is 1. The summed E-state index contributed by atoms with van der Waals surface area (Å²) in [5, 5.41) is 0. The third kappa shape index (κ3) is 3.09. The van der Waals surface area contributed by atoms with Crippen LogP contribution in [0.25, 0.3) is 0 Å². The molecule has 0 aromatic heterocycles. The largest absolute Gasteiger partial charge is 0.495 e. The Morgan fingerprint density at radius 1 is 1.15 bits per heavy atom. The zero-order valence-electron chi connectivity index (χ0n) is 11.0. The highest BCUT2D eigenvalue weighted by Gasteiger charge is 2.16. The van der Waals surface area contributed by atoms with Gasteiger partial charge in [0.1, 0.15) is 5.75 Å². The first-order valence-corrected chi connectivity index (χ1v) is 7.50. The second kappa shape index (κ2) is 5.94. The fourth-order valence-electron chi connectivity index (χ4n) is 1.77. The van der Waals surface area contributed by atoms with Gasteiger partial charge in [0, 0.05) is 6.54 Å². The molecule has 6 heteroatoms. The van der Waals surface area contributed by atoms with E-state index in [1.54, 1.807) is 42.5 Å². The van der Waals surface area contributed by atoms with Crippen molar-refractivity contribution in [2.75, 3.05) is 11.8 Å². The molecule has 0 fully saturated rings. The monoisotopic (exact) mass is 292 g/mol. The van der Waals surface area contributed by atoms with Crippen LogP contribution < -0.4 is 15.2 Å². The van der Waals surface area contributed by atoms with E-state index in [0.29, 0.717) is 11.4 Å². The van der Waals surface area contributed by atoms with Gasteiger partial charge in [0.25, 0.3) is 10.0 Å². The Hall–Kier alpha value is -2.05. The van der Waals surface area contributed by atoms with E-state index in [1.165, 1.54) is 13.2 Å². The summed E-state index contributed by atoms with van der Waals surface area (Å²) in [5.74, 6) is 0.464. The lowest BCUT2D eigenvalue weighted by atomic mass is 10.2.